The first-order chi connectivity index (χ1) is 7.69. The maximum absolute atomic E-state index is 13.8. The molecule has 0 spiro atoms. The van der Waals surface area contributed by atoms with Crippen LogP contribution in [0.25, 0.3) is 0 Å². The van der Waals surface area contributed by atoms with Gasteiger partial charge in [0.1, 0.15) is 5.82 Å². The van der Waals surface area contributed by atoms with Gasteiger partial charge in [0.2, 0.25) is 0 Å². The van der Waals surface area contributed by atoms with E-state index in [1.165, 1.54) is 13.2 Å². The van der Waals surface area contributed by atoms with Crippen molar-refractivity contribution >= 4 is 0 Å². The van der Waals surface area contributed by atoms with Gasteiger partial charge in [-0.1, -0.05) is 0 Å². The van der Waals surface area contributed by atoms with E-state index >= 15 is 0 Å². The van der Waals surface area contributed by atoms with Crippen LogP contribution in [0, 0.1) is 5.82 Å². The Kier molecular flexibility index (Phi) is 3.01. The topological polar surface area (TPSA) is 44.5 Å². The Labute approximate surface area is 94.3 Å². The van der Waals surface area contributed by atoms with Crippen LogP contribution in [0.4, 0.5) is 4.39 Å². The van der Waals surface area contributed by atoms with Crippen molar-refractivity contribution in [1.29, 1.82) is 0 Å². The first-order valence-corrected chi connectivity index (χ1v) is 5.37. The minimum absolute atomic E-state index is 0.164. The first kappa shape index (κ1) is 11.2. The molecular weight excluding hydrogens is 209 g/mol. The fourth-order valence-electron chi connectivity index (χ4n) is 2.32. The number of rotatable bonds is 2. The van der Waals surface area contributed by atoms with Crippen molar-refractivity contribution in [3.63, 3.8) is 0 Å². The number of hydrogen-bond donors (Lipinski definition) is 1. The summed E-state index contributed by atoms with van der Waals surface area (Å²) in [6, 6.07) is 1.21. The summed E-state index contributed by atoms with van der Waals surface area (Å²) in [7, 11) is 3.05. The Morgan fingerprint density at radius 2 is 2.12 bits per heavy atom. The van der Waals surface area contributed by atoms with Crippen LogP contribution in [0.1, 0.15) is 30.0 Å². The van der Waals surface area contributed by atoms with Gasteiger partial charge in [0, 0.05) is 17.7 Å². The lowest BCUT2D eigenvalue weighted by molar-refractivity contribution is 0.341. The highest BCUT2D eigenvalue weighted by molar-refractivity contribution is 5.53. The molecule has 0 amide bonds. The predicted octanol–water partition coefficient (Wildman–Crippen LogP) is 2.18. The predicted molar refractivity (Wildman–Crippen MR) is 59.4 cm³/mol. The van der Waals surface area contributed by atoms with Crippen LogP contribution >= 0.6 is 0 Å². The minimum atomic E-state index is -0.247. The lowest BCUT2D eigenvalue weighted by Gasteiger charge is -2.26. The van der Waals surface area contributed by atoms with Crippen LogP contribution in [0.2, 0.25) is 0 Å². The van der Waals surface area contributed by atoms with E-state index < -0.39 is 0 Å². The summed E-state index contributed by atoms with van der Waals surface area (Å²) < 4.78 is 24.2. The smallest absolute Gasteiger partial charge is 0.165 e. The number of halogens is 1. The van der Waals surface area contributed by atoms with Gasteiger partial charge in [0.15, 0.2) is 11.5 Å². The molecule has 0 saturated carbocycles. The van der Waals surface area contributed by atoms with Crippen molar-refractivity contribution in [3.05, 3.63) is 23.0 Å². The Morgan fingerprint density at radius 1 is 1.38 bits per heavy atom. The molecule has 2 rings (SSSR count). The molecule has 3 nitrogen and oxygen atoms in total. The minimum Gasteiger partial charge on any atom is -0.493 e. The maximum atomic E-state index is 13.8. The van der Waals surface area contributed by atoms with Crippen LogP contribution in [0.3, 0.4) is 0 Å². The van der Waals surface area contributed by atoms with Gasteiger partial charge >= 0.3 is 0 Å². The lowest BCUT2D eigenvalue weighted by atomic mass is 9.87. The van der Waals surface area contributed by atoms with Crippen molar-refractivity contribution < 1.29 is 13.9 Å². The average Bonchev–Trinajstić information content (AvgIpc) is 2.29. The van der Waals surface area contributed by atoms with Crippen LogP contribution in [-0.2, 0) is 6.42 Å². The quantitative estimate of drug-likeness (QED) is 0.839. The second-order valence-corrected chi connectivity index (χ2v) is 3.98. The van der Waals surface area contributed by atoms with Gasteiger partial charge in [0.25, 0.3) is 0 Å². The zero-order chi connectivity index (χ0) is 11.7. The monoisotopic (exact) mass is 225 g/mol. The summed E-state index contributed by atoms with van der Waals surface area (Å²) in [6.07, 6.45) is 2.49. The number of hydrogen-bond acceptors (Lipinski definition) is 3. The molecule has 0 heterocycles. The highest BCUT2D eigenvalue weighted by atomic mass is 19.1. The number of benzene rings is 1. The van der Waals surface area contributed by atoms with E-state index in [4.69, 9.17) is 15.2 Å². The Morgan fingerprint density at radius 3 is 2.75 bits per heavy atom. The molecule has 1 atom stereocenters. The highest BCUT2D eigenvalue weighted by Gasteiger charge is 2.26. The van der Waals surface area contributed by atoms with Crippen LogP contribution in [0.5, 0.6) is 11.5 Å². The van der Waals surface area contributed by atoms with E-state index in [-0.39, 0.29) is 11.9 Å². The van der Waals surface area contributed by atoms with Gasteiger partial charge < -0.3 is 15.2 Å². The summed E-state index contributed by atoms with van der Waals surface area (Å²) in [5, 5.41) is 0. The Hall–Kier alpha value is -1.29. The molecule has 88 valence electrons. The lowest BCUT2D eigenvalue weighted by Crippen LogP contribution is -2.20. The van der Waals surface area contributed by atoms with Gasteiger partial charge in [-0.25, -0.2) is 4.39 Å². The van der Waals surface area contributed by atoms with Crippen LogP contribution in [0.15, 0.2) is 6.07 Å². The molecular formula is C12H16FNO2. The molecule has 0 radical (unpaired) electrons. The van der Waals surface area contributed by atoms with E-state index in [2.05, 4.69) is 0 Å². The molecule has 0 fully saturated rings. The SMILES string of the molecule is COc1cc(F)c2c(c1OC)[C@@H](N)CCC2. The third kappa shape index (κ3) is 1.63. The van der Waals surface area contributed by atoms with Crippen molar-refractivity contribution in [2.45, 2.75) is 25.3 Å². The number of nitrogens with two attached hydrogens (primary N) is 1. The number of fused-ring (bicyclic) bond motifs is 1. The Bertz CT molecular complexity index is 406. The molecule has 4 heteroatoms. The second-order valence-electron chi connectivity index (χ2n) is 3.98. The molecule has 1 aromatic carbocycles. The first-order valence-electron chi connectivity index (χ1n) is 5.37. The van der Waals surface area contributed by atoms with Gasteiger partial charge in [0.05, 0.1) is 14.2 Å². The molecule has 16 heavy (non-hydrogen) atoms. The summed E-state index contributed by atoms with van der Waals surface area (Å²) in [5.74, 6) is 0.741. The molecule has 0 bridgehead atoms. The molecule has 1 aliphatic carbocycles. The molecule has 1 aliphatic rings. The molecule has 0 aromatic heterocycles. The average molecular weight is 225 g/mol. The zero-order valence-electron chi connectivity index (χ0n) is 9.55. The van der Waals surface area contributed by atoms with Crippen molar-refractivity contribution in [3.8, 4) is 11.5 Å². The summed E-state index contributed by atoms with van der Waals surface area (Å²) in [4.78, 5) is 0. The standard InChI is InChI=1S/C12H16FNO2/c1-15-10-6-8(13)7-4-3-5-9(14)11(7)12(10)16-2/h6,9H,3-5,14H2,1-2H3/t9-/m0/s1. The second kappa shape index (κ2) is 4.29. The molecule has 2 N–H and O–H groups in total. The summed E-state index contributed by atoms with van der Waals surface area (Å²) in [6.45, 7) is 0. The molecule has 1 aromatic rings. The van der Waals surface area contributed by atoms with E-state index in [1.807, 2.05) is 0 Å². The van der Waals surface area contributed by atoms with E-state index in [1.54, 1.807) is 7.11 Å². The largest absolute Gasteiger partial charge is 0.493 e. The highest BCUT2D eigenvalue weighted by Crippen LogP contribution is 2.42. The zero-order valence-corrected chi connectivity index (χ0v) is 9.55. The van der Waals surface area contributed by atoms with Crippen molar-refractivity contribution in [2.24, 2.45) is 5.73 Å². The van der Waals surface area contributed by atoms with Crippen LogP contribution in [-0.4, -0.2) is 14.2 Å². The van der Waals surface area contributed by atoms with Gasteiger partial charge in [-0.15, -0.1) is 0 Å². The van der Waals surface area contributed by atoms with Gasteiger partial charge in [-0.05, 0) is 24.8 Å². The van der Waals surface area contributed by atoms with Crippen LogP contribution < -0.4 is 15.2 Å². The third-order valence-corrected chi connectivity index (χ3v) is 3.08. The molecule has 0 saturated heterocycles. The van der Waals surface area contributed by atoms with Gasteiger partial charge in [-0.2, -0.15) is 0 Å². The van der Waals surface area contributed by atoms with Crippen molar-refractivity contribution in [2.75, 3.05) is 14.2 Å². The van der Waals surface area contributed by atoms with Gasteiger partial charge in [-0.3, -0.25) is 0 Å². The van der Waals surface area contributed by atoms with Crippen molar-refractivity contribution in [1.82, 2.24) is 0 Å². The molecule has 0 aliphatic heterocycles. The van der Waals surface area contributed by atoms with E-state index in [9.17, 15) is 4.39 Å². The summed E-state index contributed by atoms with van der Waals surface area (Å²) >= 11 is 0. The van der Waals surface area contributed by atoms with E-state index in [0.717, 1.165) is 24.8 Å². The number of methoxy groups -OCH3 is 2. The summed E-state index contributed by atoms with van der Waals surface area (Å²) in [5.41, 5.74) is 7.46. The number of ether oxygens (including phenoxy) is 2. The fourth-order valence-corrected chi connectivity index (χ4v) is 2.32. The fraction of sp³-hybridized carbons (Fsp3) is 0.500. The Balaban J connectivity index is 2.65. The third-order valence-electron chi connectivity index (χ3n) is 3.08. The maximum Gasteiger partial charge on any atom is 0.165 e. The normalized spacial score (nSPS) is 19.1. The van der Waals surface area contributed by atoms with E-state index in [0.29, 0.717) is 17.1 Å². The molecule has 0 unspecified atom stereocenters.